The molecule has 1 atom stereocenters. The second kappa shape index (κ2) is 6.84. The summed E-state index contributed by atoms with van der Waals surface area (Å²) in [7, 11) is 0. The van der Waals surface area contributed by atoms with Crippen molar-refractivity contribution in [1.29, 1.82) is 0 Å². The number of furan rings is 1. The van der Waals surface area contributed by atoms with Crippen LogP contribution in [0.5, 0.6) is 0 Å². The minimum Gasteiger partial charge on any atom is -0.481 e. The van der Waals surface area contributed by atoms with Crippen molar-refractivity contribution in [3.8, 4) is 11.3 Å². The fraction of sp³-hybridized carbons (Fsp3) is 0.294. The topological polar surface area (TPSA) is 80.0 Å². The summed E-state index contributed by atoms with van der Waals surface area (Å²) < 4.78 is 23.8. The molecule has 1 unspecified atom stereocenters. The number of hydrogen-bond donors (Lipinski definition) is 1. The molecule has 1 N–H and O–H groups in total. The first-order valence-electron chi connectivity index (χ1n) is 7.51. The van der Waals surface area contributed by atoms with Gasteiger partial charge in [0.25, 0.3) is 5.91 Å². The molecule has 2 heterocycles. The molecule has 0 aliphatic carbocycles. The minimum atomic E-state index is -0.991. The van der Waals surface area contributed by atoms with Crippen molar-refractivity contribution in [2.45, 2.75) is 12.5 Å². The van der Waals surface area contributed by atoms with Crippen LogP contribution in [0.3, 0.4) is 0 Å². The number of amides is 1. The number of morpholine rings is 1. The summed E-state index contributed by atoms with van der Waals surface area (Å²) in [6.45, 7) is 0.848. The van der Waals surface area contributed by atoms with E-state index in [-0.39, 0.29) is 30.5 Å². The number of hydrogen-bond acceptors (Lipinski definition) is 4. The number of carbonyl (C=O) groups excluding carboxylic acids is 1. The zero-order valence-electron chi connectivity index (χ0n) is 12.8. The van der Waals surface area contributed by atoms with E-state index in [1.54, 1.807) is 18.2 Å². The van der Waals surface area contributed by atoms with E-state index in [0.717, 1.165) is 0 Å². The van der Waals surface area contributed by atoms with Gasteiger partial charge in [0.2, 0.25) is 0 Å². The van der Waals surface area contributed by atoms with Crippen LogP contribution in [0, 0.1) is 5.82 Å². The van der Waals surface area contributed by atoms with Gasteiger partial charge in [-0.05, 0) is 36.4 Å². The highest BCUT2D eigenvalue weighted by Crippen LogP contribution is 2.24. The van der Waals surface area contributed by atoms with E-state index >= 15 is 0 Å². The molecule has 2 aromatic rings. The first-order valence-corrected chi connectivity index (χ1v) is 7.51. The maximum absolute atomic E-state index is 13.0. The number of rotatable bonds is 4. The SMILES string of the molecule is O=C(O)CC1COCCN1C(=O)c1ccc(-c2ccc(F)cc2)o1. The lowest BCUT2D eigenvalue weighted by Crippen LogP contribution is -2.49. The van der Waals surface area contributed by atoms with Crippen LogP contribution in [0.25, 0.3) is 11.3 Å². The molecular weight excluding hydrogens is 317 g/mol. The lowest BCUT2D eigenvalue weighted by Gasteiger charge is -2.34. The van der Waals surface area contributed by atoms with E-state index < -0.39 is 12.0 Å². The maximum atomic E-state index is 13.0. The molecule has 1 aliphatic rings. The van der Waals surface area contributed by atoms with Crippen LogP contribution < -0.4 is 0 Å². The fourth-order valence-corrected chi connectivity index (χ4v) is 2.66. The van der Waals surface area contributed by atoms with Gasteiger partial charge in [0.1, 0.15) is 11.6 Å². The third-order valence-corrected chi connectivity index (χ3v) is 3.84. The second-order valence-electron chi connectivity index (χ2n) is 5.50. The number of aliphatic carboxylic acids is 1. The standard InChI is InChI=1S/C17H16FNO5/c18-12-3-1-11(2-4-12)14-5-6-15(24-14)17(22)19-7-8-23-10-13(19)9-16(20)21/h1-6,13H,7-10H2,(H,20,21). The molecule has 126 valence electrons. The van der Waals surface area contributed by atoms with Crippen molar-refractivity contribution in [1.82, 2.24) is 4.90 Å². The van der Waals surface area contributed by atoms with Gasteiger partial charge in [0, 0.05) is 12.1 Å². The van der Waals surface area contributed by atoms with Gasteiger partial charge in [0.15, 0.2) is 5.76 Å². The Hall–Kier alpha value is -2.67. The van der Waals surface area contributed by atoms with Crippen LogP contribution in [0.2, 0.25) is 0 Å². The zero-order valence-corrected chi connectivity index (χ0v) is 12.8. The van der Waals surface area contributed by atoms with E-state index in [1.807, 2.05) is 0 Å². The number of carboxylic acid groups (broad SMARTS) is 1. The number of nitrogens with zero attached hydrogens (tertiary/aromatic N) is 1. The highest BCUT2D eigenvalue weighted by Gasteiger charge is 2.31. The van der Waals surface area contributed by atoms with Crippen LogP contribution in [0.15, 0.2) is 40.8 Å². The van der Waals surface area contributed by atoms with Gasteiger partial charge in [-0.1, -0.05) is 0 Å². The van der Waals surface area contributed by atoms with Crippen LogP contribution in [0.4, 0.5) is 4.39 Å². The van der Waals surface area contributed by atoms with E-state index in [2.05, 4.69) is 0 Å². The largest absolute Gasteiger partial charge is 0.481 e. The van der Waals surface area contributed by atoms with Gasteiger partial charge in [-0.25, -0.2) is 4.39 Å². The molecule has 6 nitrogen and oxygen atoms in total. The highest BCUT2D eigenvalue weighted by molar-refractivity contribution is 5.92. The molecule has 1 fully saturated rings. The lowest BCUT2D eigenvalue weighted by atomic mass is 10.1. The lowest BCUT2D eigenvalue weighted by molar-refractivity contribution is -0.139. The summed E-state index contributed by atoms with van der Waals surface area (Å²) in [5.74, 6) is -1.16. The molecule has 1 aromatic carbocycles. The summed E-state index contributed by atoms with van der Waals surface area (Å²) in [4.78, 5) is 25.0. The molecule has 1 saturated heterocycles. The highest BCUT2D eigenvalue weighted by atomic mass is 19.1. The molecule has 24 heavy (non-hydrogen) atoms. The van der Waals surface area contributed by atoms with Crippen molar-refractivity contribution >= 4 is 11.9 Å². The molecule has 0 saturated carbocycles. The van der Waals surface area contributed by atoms with E-state index in [4.69, 9.17) is 14.3 Å². The first-order chi connectivity index (χ1) is 11.5. The summed E-state index contributed by atoms with van der Waals surface area (Å²) in [6, 6.07) is 8.38. The van der Waals surface area contributed by atoms with Gasteiger partial charge in [-0.3, -0.25) is 9.59 Å². The van der Waals surface area contributed by atoms with Gasteiger partial charge in [0.05, 0.1) is 25.7 Å². The second-order valence-corrected chi connectivity index (χ2v) is 5.50. The van der Waals surface area contributed by atoms with Crippen LogP contribution in [-0.4, -0.2) is 47.7 Å². The van der Waals surface area contributed by atoms with Gasteiger partial charge in [-0.15, -0.1) is 0 Å². The van der Waals surface area contributed by atoms with Gasteiger partial charge < -0.3 is 19.2 Å². The Kier molecular flexibility index (Phi) is 4.61. The third kappa shape index (κ3) is 3.46. The average Bonchev–Trinajstić information content (AvgIpc) is 3.05. The van der Waals surface area contributed by atoms with Gasteiger partial charge >= 0.3 is 5.97 Å². The van der Waals surface area contributed by atoms with Crippen molar-refractivity contribution in [2.24, 2.45) is 0 Å². The molecule has 7 heteroatoms. The minimum absolute atomic E-state index is 0.117. The summed E-state index contributed by atoms with van der Waals surface area (Å²) in [5, 5.41) is 8.96. The molecule has 3 rings (SSSR count). The number of ether oxygens (including phenoxy) is 1. The third-order valence-electron chi connectivity index (χ3n) is 3.84. The predicted molar refractivity (Wildman–Crippen MR) is 82.0 cm³/mol. The van der Waals surface area contributed by atoms with Crippen molar-refractivity contribution in [3.63, 3.8) is 0 Å². The fourth-order valence-electron chi connectivity index (χ4n) is 2.66. The van der Waals surface area contributed by atoms with Crippen LogP contribution in [-0.2, 0) is 9.53 Å². The normalized spacial score (nSPS) is 17.7. The molecule has 1 aliphatic heterocycles. The number of halogens is 1. The monoisotopic (exact) mass is 333 g/mol. The van der Waals surface area contributed by atoms with E-state index in [0.29, 0.717) is 24.5 Å². The smallest absolute Gasteiger partial charge is 0.305 e. The van der Waals surface area contributed by atoms with E-state index in [9.17, 15) is 14.0 Å². The Morgan fingerprint density at radius 2 is 1.96 bits per heavy atom. The Balaban J connectivity index is 1.79. The molecule has 1 amide bonds. The average molecular weight is 333 g/mol. The van der Waals surface area contributed by atoms with Crippen molar-refractivity contribution < 1.29 is 28.2 Å². The summed E-state index contributed by atoms with van der Waals surface area (Å²) in [6.07, 6.45) is -0.183. The Morgan fingerprint density at radius 3 is 2.67 bits per heavy atom. The van der Waals surface area contributed by atoms with Crippen LogP contribution >= 0.6 is 0 Å². The Labute approximate surface area is 137 Å². The maximum Gasteiger partial charge on any atom is 0.305 e. The molecule has 0 bridgehead atoms. The van der Waals surface area contributed by atoms with Crippen LogP contribution in [0.1, 0.15) is 17.0 Å². The zero-order chi connectivity index (χ0) is 17.1. The molecular formula is C17H16FNO5. The first kappa shape index (κ1) is 16.2. The van der Waals surface area contributed by atoms with Gasteiger partial charge in [-0.2, -0.15) is 0 Å². The molecule has 1 aromatic heterocycles. The summed E-state index contributed by atoms with van der Waals surface area (Å²) >= 11 is 0. The summed E-state index contributed by atoms with van der Waals surface area (Å²) in [5.41, 5.74) is 0.652. The number of carbonyl (C=O) groups is 2. The Morgan fingerprint density at radius 1 is 1.21 bits per heavy atom. The van der Waals surface area contributed by atoms with Crippen molar-refractivity contribution in [3.05, 3.63) is 48.0 Å². The van der Waals surface area contributed by atoms with Crippen molar-refractivity contribution in [2.75, 3.05) is 19.8 Å². The van der Waals surface area contributed by atoms with E-state index in [1.165, 1.54) is 23.1 Å². The number of carboxylic acids is 1. The Bertz CT molecular complexity index is 740. The predicted octanol–water partition coefficient (Wildman–Crippen LogP) is 2.40. The molecule has 0 radical (unpaired) electrons. The molecule has 0 spiro atoms. The quantitative estimate of drug-likeness (QED) is 0.929. The number of benzene rings is 1.